The van der Waals surface area contributed by atoms with E-state index in [9.17, 15) is 19.5 Å². The van der Waals surface area contributed by atoms with Crippen LogP contribution in [-0.4, -0.2) is 77.8 Å². The van der Waals surface area contributed by atoms with Crippen LogP contribution in [0.4, 0.5) is 21.0 Å². The number of para-hydroxylation sites is 1. The van der Waals surface area contributed by atoms with Crippen LogP contribution >= 0.6 is 0 Å². The number of nitrogens with zero attached hydrogens (tertiary/aromatic N) is 2. The Morgan fingerprint density at radius 1 is 1.11 bits per heavy atom. The monoisotopic (exact) mass is 525 g/mol. The van der Waals surface area contributed by atoms with E-state index >= 15 is 0 Å². The van der Waals surface area contributed by atoms with Crippen LogP contribution in [0, 0.1) is 5.92 Å². The Bertz CT molecular complexity index is 1110. The van der Waals surface area contributed by atoms with Crippen LogP contribution < -0.4 is 20.7 Å². The smallest absolute Gasteiger partial charge is 0.323 e. The maximum atomic E-state index is 13.3. The van der Waals surface area contributed by atoms with Crippen LogP contribution in [-0.2, 0) is 11.2 Å². The first-order valence-electron chi connectivity index (χ1n) is 12.9. The Balaban J connectivity index is 1.87. The number of fused-ring (bicyclic) bond motifs is 1. The standard InChI is InChI=1S/C28H39N5O5/c1-18(2)29-28(37)32(5)16-25-19(3)15-33(20(4)17-34)26(35)14-21-13-23(11-12-24(21)38-25)31-27(36)30-22-9-7-6-8-10-22/h6-13,18-20,25,34H,14-17H2,1-5H3,(H,29,37)(H2,30,31,36)/t19-,20-,25-/m0/s1. The quantitative estimate of drug-likeness (QED) is 0.440. The molecule has 10 nitrogen and oxygen atoms in total. The van der Waals surface area contributed by atoms with Gasteiger partial charge < -0.3 is 35.6 Å². The van der Waals surface area contributed by atoms with Crippen molar-refractivity contribution in [2.75, 3.05) is 37.4 Å². The highest BCUT2D eigenvalue weighted by atomic mass is 16.5. The molecule has 5 amide bonds. The zero-order valence-electron chi connectivity index (χ0n) is 22.7. The van der Waals surface area contributed by atoms with Crippen molar-refractivity contribution in [3.8, 4) is 5.75 Å². The molecule has 4 N–H and O–H groups in total. The van der Waals surface area contributed by atoms with Crippen LogP contribution in [0.2, 0.25) is 0 Å². The number of aliphatic hydroxyl groups excluding tert-OH is 1. The second kappa shape index (κ2) is 13.1. The average Bonchev–Trinajstić information content (AvgIpc) is 2.91. The normalized spacial score (nSPS) is 18.3. The molecule has 0 unspecified atom stereocenters. The van der Waals surface area contributed by atoms with Crippen molar-refractivity contribution in [2.24, 2.45) is 5.92 Å². The van der Waals surface area contributed by atoms with Gasteiger partial charge >= 0.3 is 12.1 Å². The molecule has 0 bridgehead atoms. The molecule has 2 aromatic carbocycles. The Morgan fingerprint density at radius 3 is 2.45 bits per heavy atom. The molecule has 0 fully saturated rings. The third kappa shape index (κ3) is 7.85. The molecular formula is C28H39N5O5. The summed E-state index contributed by atoms with van der Waals surface area (Å²) in [6.07, 6.45) is -0.380. The summed E-state index contributed by atoms with van der Waals surface area (Å²) in [5.74, 6) is 0.226. The van der Waals surface area contributed by atoms with Crippen molar-refractivity contribution in [3.63, 3.8) is 0 Å². The number of nitrogens with one attached hydrogen (secondary N) is 3. The summed E-state index contributed by atoms with van der Waals surface area (Å²) in [5, 5.41) is 18.3. The van der Waals surface area contributed by atoms with Crippen molar-refractivity contribution in [1.29, 1.82) is 0 Å². The van der Waals surface area contributed by atoms with Gasteiger partial charge in [-0.3, -0.25) is 4.79 Å². The molecule has 0 spiro atoms. The summed E-state index contributed by atoms with van der Waals surface area (Å²) in [5.41, 5.74) is 1.77. The van der Waals surface area contributed by atoms with Crippen molar-refractivity contribution in [3.05, 3.63) is 54.1 Å². The maximum absolute atomic E-state index is 13.3. The minimum atomic E-state index is -0.420. The van der Waals surface area contributed by atoms with Crippen LogP contribution in [0.1, 0.15) is 33.3 Å². The van der Waals surface area contributed by atoms with E-state index in [2.05, 4.69) is 16.0 Å². The fraction of sp³-hybridized carbons (Fsp3) is 0.464. The molecule has 3 rings (SSSR count). The number of anilines is 2. The molecule has 0 aliphatic carbocycles. The van der Waals surface area contributed by atoms with Crippen molar-refractivity contribution < 1.29 is 24.2 Å². The third-order valence-corrected chi connectivity index (χ3v) is 6.42. The van der Waals surface area contributed by atoms with Gasteiger partial charge in [0.15, 0.2) is 0 Å². The first-order chi connectivity index (χ1) is 18.1. The zero-order valence-corrected chi connectivity index (χ0v) is 22.7. The minimum absolute atomic E-state index is 0.00641. The molecule has 10 heteroatoms. The number of likely N-dealkylation sites (N-methyl/N-ethyl adjacent to an activating group) is 1. The Labute approximate surface area is 224 Å². The van der Waals surface area contributed by atoms with E-state index in [1.807, 2.05) is 39.0 Å². The van der Waals surface area contributed by atoms with Gasteiger partial charge in [-0.25, -0.2) is 9.59 Å². The van der Waals surface area contributed by atoms with Crippen LogP contribution in [0.15, 0.2) is 48.5 Å². The fourth-order valence-electron chi connectivity index (χ4n) is 4.25. The topological polar surface area (TPSA) is 123 Å². The summed E-state index contributed by atoms with van der Waals surface area (Å²) in [4.78, 5) is 41.7. The number of rotatable bonds is 7. The lowest BCUT2D eigenvalue weighted by atomic mass is 10.0. The lowest BCUT2D eigenvalue weighted by Gasteiger charge is -2.34. The van der Waals surface area contributed by atoms with Gasteiger partial charge in [0.05, 0.1) is 25.6 Å². The highest BCUT2D eigenvalue weighted by molar-refractivity contribution is 5.99. The van der Waals surface area contributed by atoms with Crippen LogP contribution in [0.5, 0.6) is 5.75 Å². The van der Waals surface area contributed by atoms with Gasteiger partial charge in [0.25, 0.3) is 0 Å². The fourth-order valence-corrected chi connectivity index (χ4v) is 4.25. The van der Waals surface area contributed by atoms with E-state index in [0.717, 1.165) is 0 Å². The number of hydrogen-bond acceptors (Lipinski definition) is 5. The molecule has 0 aromatic heterocycles. The molecule has 0 saturated carbocycles. The Kier molecular flexibility index (Phi) is 9.95. The number of hydrogen-bond donors (Lipinski definition) is 4. The first-order valence-corrected chi connectivity index (χ1v) is 12.9. The molecule has 206 valence electrons. The van der Waals surface area contributed by atoms with Gasteiger partial charge in [-0.1, -0.05) is 25.1 Å². The zero-order chi connectivity index (χ0) is 27.8. The molecule has 3 atom stereocenters. The summed E-state index contributed by atoms with van der Waals surface area (Å²) in [6.45, 7) is 8.05. The van der Waals surface area contributed by atoms with E-state index in [4.69, 9.17) is 4.74 Å². The maximum Gasteiger partial charge on any atom is 0.323 e. The molecule has 1 aliphatic heterocycles. The third-order valence-electron chi connectivity index (χ3n) is 6.42. The molecule has 1 heterocycles. The van der Waals surface area contributed by atoms with Crippen molar-refractivity contribution >= 4 is 29.3 Å². The number of carbonyl (C=O) groups is 3. The second-order valence-electron chi connectivity index (χ2n) is 10.1. The van der Waals surface area contributed by atoms with E-state index in [-0.39, 0.29) is 43.0 Å². The Hall–Kier alpha value is -3.79. The van der Waals surface area contributed by atoms with Crippen molar-refractivity contribution in [1.82, 2.24) is 15.1 Å². The summed E-state index contributed by atoms with van der Waals surface area (Å²) < 4.78 is 6.43. The summed E-state index contributed by atoms with van der Waals surface area (Å²) in [6, 6.07) is 13.3. The average molecular weight is 526 g/mol. The van der Waals surface area contributed by atoms with E-state index in [0.29, 0.717) is 35.8 Å². The van der Waals surface area contributed by atoms with Gasteiger partial charge in [0.2, 0.25) is 5.91 Å². The lowest BCUT2D eigenvalue weighted by Crippen LogP contribution is -2.49. The highest BCUT2D eigenvalue weighted by Gasteiger charge is 2.32. The predicted molar refractivity (Wildman–Crippen MR) is 147 cm³/mol. The van der Waals surface area contributed by atoms with E-state index < -0.39 is 12.1 Å². The summed E-state index contributed by atoms with van der Waals surface area (Å²) >= 11 is 0. The molecule has 0 saturated heterocycles. The van der Waals surface area contributed by atoms with Crippen molar-refractivity contribution in [2.45, 2.75) is 52.3 Å². The second-order valence-corrected chi connectivity index (χ2v) is 10.1. The number of urea groups is 2. The van der Waals surface area contributed by atoms with Gasteiger partial charge in [-0.15, -0.1) is 0 Å². The summed E-state index contributed by atoms with van der Waals surface area (Å²) in [7, 11) is 1.71. The SMILES string of the molecule is CC(C)NC(=O)N(C)C[C@@H]1Oc2ccc(NC(=O)Nc3ccccc3)cc2CC(=O)N([C@@H](C)CO)C[C@@H]1C. The lowest BCUT2D eigenvalue weighted by molar-refractivity contribution is -0.134. The Morgan fingerprint density at radius 2 is 1.79 bits per heavy atom. The van der Waals surface area contributed by atoms with Gasteiger partial charge in [-0.2, -0.15) is 0 Å². The van der Waals surface area contributed by atoms with E-state index in [1.165, 1.54) is 0 Å². The molecule has 0 radical (unpaired) electrons. The predicted octanol–water partition coefficient (Wildman–Crippen LogP) is 3.53. The molecule has 1 aliphatic rings. The number of amides is 5. The largest absolute Gasteiger partial charge is 0.488 e. The number of aliphatic hydroxyl groups is 1. The minimum Gasteiger partial charge on any atom is -0.488 e. The van der Waals surface area contributed by atoms with Crippen LogP contribution in [0.3, 0.4) is 0 Å². The molecule has 38 heavy (non-hydrogen) atoms. The number of carbonyl (C=O) groups excluding carboxylic acids is 3. The first kappa shape index (κ1) is 28.8. The van der Waals surface area contributed by atoms with Crippen LogP contribution in [0.25, 0.3) is 0 Å². The number of ether oxygens (including phenoxy) is 1. The molecular weight excluding hydrogens is 486 g/mol. The van der Waals surface area contributed by atoms with Gasteiger partial charge in [-0.05, 0) is 51.1 Å². The van der Waals surface area contributed by atoms with Gasteiger partial charge in [0, 0.05) is 42.5 Å². The highest BCUT2D eigenvalue weighted by Crippen LogP contribution is 2.29. The van der Waals surface area contributed by atoms with E-state index in [1.54, 1.807) is 54.1 Å². The van der Waals surface area contributed by atoms with Gasteiger partial charge in [0.1, 0.15) is 11.9 Å². The molecule has 2 aromatic rings. The number of benzene rings is 2.